The topological polar surface area (TPSA) is 96.9 Å². The normalized spacial score (nSPS) is 10.6. The molecule has 1 aromatic heterocycles. The maximum Gasteiger partial charge on any atom is 0.353 e. The highest BCUT2D eigenvalue weighted by Crippen LogP contribution is 2.25. The molecule has 0 aliphatic carbocycles. The molecule has 3 aromatic rings. The lowest BCUT2D eigenvalue weighted by Crippen LogP contribution is -2.32. The largest absolute Gasteiger partial charge is 0.422 e. The van der Waals surface area contributed by atoms with Gasteiger partial charge in [0.1, 0.15) is 10.6 Å². The molecule has 2 N–H and O–H groups in total. The van der Waals surface area contributed by atoms with Gasteiger partial charge in [0.05, 0.1) is 16.9 Å². The van der Waals surface area contributed by atoms with Gasteiger partial charge in [0.2, 0.25) is 0 Å². The first-order valence-electron chi connectivity index (χ1n) is 8.37. The molecule has 3 rings (SSSR count). The van der Waals surface area contributed by atoms with E-state index in [4.69, 9.17) is 27.9 Å². The summed E-state index contributed by atoms with van der Waals surface area (Å²) in [6, 6.07) is 14.4. The number of amides is 2. The number of thiophene rings is 1. The van der Waals surface area contributed by atoms with Crippen LogP contribution in [0, 0.1) is 0 Å². The van der Waals surface area contributed by atoms with Gasteiger partial charge in [0.25, 0.3) is 0 Å². The molecule has 0 aliphatic rings. The van der Waals surface area contributed by atoms with Gasteiger partial charge in [-0.3, -0.25) is 9.59 Å². The van der Waals surface area contributed by atoms with Gasteiger partial charge in [0.15, 0.2) is 0 Å². The third-order valence-corrected chi connectivity index (χ3v) is 4.99. The van der Waals surface area contributed by atoms with Crippen molar-refractivity contribution in [1.29, 1.82) is 0 Å². The Morgan fingerprint density at radius 3 is 2.47 bits per heavy atom. The van der Waals surface area contributed by atoms with Crippen molar-refractivity contribution in [2.75, 3.05) is 5.32 Å². The number of carbonyl (C=O) groups excluding carboxylic acids is 3. The summed E-state index contributed by atoms with van der Waals surface area (Å²) in [5, 5.41) is 8.46. The molecule has 0 saturated heterocycles. The molecule has 2 amide bonds. The highest BCUT2D eigenvalue weighted by atomic mass is 35.5. The van der Waals surface area contributed by atoms with Gasteiger partial charge in [-0.2, -0.15) is 5.10 Å². The van der Waals surface area contributed by atoms with Gasteiger partial charge < -0.3 is 10.1 Å². The highest BCUT2D eigenvalue weighted by Gasteiger charge is 2.15. The summed E-state index contributed by atoms with van der Waals surface area (Å²) in [6.45, 7) is 0. The number of hydrogen-bond donors (Lipinski definition) is 2. The van der Waals surface area contributed by atoms with E-state index in [9.17, 15) is 14.4 Å². The number of anilines is 1. The maximum atomic E-state index is 11.9. The van der Waals surface area contributed by atoms with Crippen LogP contribution < -0.4 is 15.5 Å². The predicted octanol–water partition coefficient (Wildman–Crippen LogP) is 4.36. The number of ether oxygens (including phenoxy) is 1. The van der Waals surface area contributed by atoms with Gasteiger partial charge >= 0.3 is 17.8 Å². The van der Waals surface area contributed by atoms with Crippen molar-refractivity contribution in [1.82, 2.24) is 5.43 Å². The maximum absolute atomic E-state index is 11.9. The summed E-state index contributed by atoms with van der Waals surface area (Å²) in [6.07, 6.45) is 1.34. The number of hydrogen-bond acceptors (Lipinski definition) is 6. The number of nitrogens with zero attached hydrogens (tertiary/aromatic N) is 1. The summed E-state index contributed by atoms with van der Waals surface area (Å²) < 4.78 is 5.25. The highest BCUT2D eigenvalue weighted by molar-refractivity contribution is 7.12. The van der Waals surface area contributed by atoms with Crippen LogP contribution in [0.2, 0.25) is 10.0 Å². The van der Waals surface area contributed by atoms with E-state index in [-0.39, 0.29) is 10.7 Å². The molecule has 0 bridgehead atoms. The van der Waals surface area contributed by atoms with Crippen LogP contribution in [-0.4, -0.2) is 24.0 Å². The molecule has 0 aliphatic heterocycles. The van der Waals surface area contributed by atoms with E-state index in [0.29, 0.717) is 21.2 Å². The van der Waals surface area contributed by atoms with Crippen LogP contribution in [0.3, 0.4) is 0 Å². The third kappa shape index (κ3) is 5.90. The monoisotopic (exact) mass is 461 g/mol. The summed E-state index contributed by atoms with van der Waals surface area (Å²) in [5.74, 6) is -2.01. The lowest BCUT2D eigenvalue weighted by atomic mass is 10.2. The van der Waals surface area contributed by atoms with E-state index in [0.717, 1.165) is 0 Å². The molecule has 0 atom stereocenters. The summed E-state index contributed by atoms with van der Waals surface area (Å²) in [5.41, 5.74) is 2.93. The average molecular weight is 462 g/mol. The molecular formula is C20H13Cl2N3O4S. The molecule has 7 nitrogen and oxygen atoms in total. The Hall–Kier alpha value is -3.20. The number of rotatable bonds is 5. The van der Waals surface area contributed by atoms with Crippen LogP contribution in [-0.2, 0) is 9.59 Å². The van der Waals surface area contributed by atoms with Crippen LogP contribution >= 0.6 is 34.5 Å². The minimum Gasteiger partial charge on any atom is -0.422 e. The quantitative estimate of drug-likeness (QED) is 0.194. The van der Waals surface area contributed by atoms with Crippen molar-refractivity contribution in [3.05, 3.63) is 80.5 Å². The smallest absolute Gasteiger partial charge is 0.353 e. The Bertz CT molecular complexity index is 1100. The van der Waals surface area contributed by atoms with E-state index in [2.05, 4.69) is 15.8 Å². The zero-order chi connectivity index (χ0) is 21.5. The van der Waals surface area contributed by atoms with Gasteiger partial charge in [-0.15, -0.1) is 11.3 Å². The molecule has 10 heteroatoms. The second-order valence-corrected chi connectivity index (χ2v) is 7.50. The number of esters is 1. The summed E-state index contributed by atoms with van der Waals surface area (Å²) >= 11 is 13.1. The van der Waals surface area contributed by atoms with E-state index in [1.807, 2.05) is 0 Å². The molecule has 30 heavy (non-hydrogen) atoms. The second-order valence-electron chi connectivity index (χ2n) is 5.71. The van der Waals surface area contributed by atoms with Gasteiger partial charge in [-0.05, 0) is 59.5 Å². The first kappa shape index (κ1) is 21.5. The fourth-order valence-electron chi connectivity index (χ4n) is 2.16. The minimum atomic E-state index is -0.983. The van der Waals surface area contributed by atoms with Crippen LogP contribution in [0.1, 0.15) is 15.2 Å². The standard InChI is InChI=1S/C20H13Cl2N3O4S/c21-13-5-8-15(22)16(10-13)24-18(26)19(27)25-23-11-12-3-6-14(7-4-12)29-20(28)17-2-1-9-30-17/h1-11H,(H,24,26)(H,25,27)/b23-11-. The van der Waals surface area contributed by atoms with Crippen LogP contribution in [0.5, 0.6) is 5.75 Å². The van der Waals surface area contributed by atoms with E-state index in [1.165, 1.54) is 29.7 Å². The minimum absolute atomic E-state index is 0.209. The van der Waals surface area contributed by atoms with Crippen molar-refractivity contribution in [2.45, 2.75) is 0 Å². The Balaban J connectivity index is 1.52. The number of benzene rings is 2. The van der Waals surface area contributed by atoms with E-state index >= 15 is 0 Å². The van der Waals surface area contributed by atoms with Gasteiger partial charge in [-0.1, -0.05) is 29.3 Å². The first-order valence-corrected chi connectivity index (χ1v) is 10.0. The molecule has 0 saturated carbocycles. The molecule has 0 fully saturated rings. The van der Waals surface area contributed by atoms with Crippen molar-refractivity contribution in [3.63, 3.8) is 0 Å². The fourth-order valence-corrected chi connectivity index (χ4v) is 3.10. The molecule has 2 aromatic carbocycles. The summed E-state index contributed by atoms with van der Waals surface area (Å²) in [4.78, 5) is 36.2. The Labute approximate surface area is 185 Å². The number of carbonyl (C=O) groups is 3. The lowest BCUT2D eigenvalue weighted by molar-refractivity contribution is -0.136. The van der Waals surface area contributed by atoms with Gasteiger partial charge in [-0.25, -0.2) is 10.2 Å². The lowest BCUT2D eigenvalue weighted by Gasteiger charge is -2.06. The molecule has 152 valence electrons. The molecule has 0 radical (unpaired) electrons. The Morgan fingerprint density at radius 1 is 1.00 bits per heavy atom. The van der Waals surface area contributed by atoms with Crippen molar-refractivity contribution >= 4 is 64.2 Å². The second kappa shape index (κ2) is 10.0. The molecule has 0 unspecified atom stereocenters. The van der Waals surface area contributed by atoms with Crippen molar-refractivity contribution in [2.24, 2.45) is 5.10 Å². The SMILES string of the molecule is O=C(N/N=C\c1ccc(OC(=O)c2cccs2)cc1)C(=O)Nc1cc(Cl)ccc1Cl. The Morgan fingerprint density at radius 2 is 1.77 bits per heavy atom. The van der Waals surface area contributed by atoms with Crippen molar-refractivity contribution in [3.8, 4) is 5.75 Å². The summed E-state index contributed by atoms with van der Waals surface area (Å²) in [7, 11) is 0. The van der Waals surface area contributed by atoms with Gasteiger partial charge in [0, 0.05) is 5.02 Å². The Kier molecular flexibility index (Phi) is 7.18. The molecular weight excluding hydrogens is 449 g/mol. The van der Waals surface area contributed by atoms with Crippen LogP contribution in [0.25, 0.3) is 0 Å². The molecule has 1 heterocycles. The number of nitrogens with one attached hydrogen (secondary N) is 2. The van der Waals surface area contributed by atoms with Crippen molar-refractivity contribution < 1.29 is 19.1 Å². The third-order valence-electron chi connectivity index (χ3n) is 3.58. The predicted molar refractivity (Wildman–Crippen MR) is 117 cm³/mol. The zero-order valence-electron chi connectivity index (χ0n) is 15.1. The van der Waals surface area contributed by atoms with Crippen LogP contribution in [0.4, 0.5) is 5.69 Å². The fraction of sp³-hybridized carbons (Fsp3) is 0. The van der Waals surface area contributed by atoms with E-state index in [1.54, 1.807) is 47.8 Å². The zero-order valence-corrected chi connectivity index (χ0v) is 17.4. The van der Waals surface area contributed by atoms with E-state index < -0.39 is 17.8 Å². The number of hydrazone groups is 1. The van der Waals surface area contributed by atoms with Crippen LogP contribution in [0.15, 0.2) is 65.1 Å². The first-order chi connectivity index (χ1) is 14.4. The molecule has 0 spiro atoms. The number of halogens is 2. The average Bonchev–Trinajstić information content (AvgIpc) is 3.27.